The van der Waals surface area contributed by atoms with Crippen LogP contribution in [0.1, 0.15) is 11.4 Å². The van der Waals surface area contributed by atoms with Gasteiger partial charge in [0.05, 0.1) is 22.8 Å². The molecule has 0 fully saturated rings. The largest absolute Gasteiger partial charge is 0.380 e. The van der Waals surface area contributed by atoms with Crippen LogP contribution in [0.2, 0.25) is 5.02 Å². The number of halogens is 4. The fourth-order valence-corrected chi connectivity index (χ4v) is 1.42. The predicted octanol–water partition coefficient (Wildman–Crippen LogP) is 2.33. The van der Waals surface area contributed by atoms with Crippen molar-refractivity contribution < 1.29 is 13.6 Å². The molecule has 0 N–H and O–H groups in total. The lowest BCUT2D eigenvalue weighted by atomic mass is 10.2. The molecule has 84 valence electrons. The highest BCUT2D eigenvalue weighted by atomic mass is 35.5. The van der Waals surface area contributed by atoms with E-state index >= 15 is 0 Å². The number of ketones is 1. The van der Waals surface area contributed by atoms with Crippen LogP contribution in [-0.2, 0) is 18.3 Å². The van der Waals surface area contributed by atoms with E-state index in [4.69, 9.17) is 11.6 Å². The van der Waals surface area contributed by atoms with Crippen LogP contribution in [0.25, 0.3) is 0 Å². The Bertz CT molecular complexity index is 398. The Kier molecular flexibility index (Phi) is 3.35. The SMILES string of the molecule is Cc1nn(C)c(CC(=O)C(F)(F)Cl)c1Cl. The van der Waals surface area contributed by atoms with Gasteiger partial charge in [0.15, 0.2) is 0 Å². The first kappa shape index (κ1) is 12.4. The highest BCUT2D eigenvalue weighted by Crippen LogP contribution is 2.25. The van der Waals surface area contributed by atoms with Gasteiger partial charge in [-0.05, 0) is 18.5 Å². The maximum Gasteiger partial charge on any atom is 0.380 e. The maximum absolute atomic E-state index is 12.4. The number of alkyl halides is 3. The fraction of sp³-hybridized carbons (Fsp3) is 0.500. The standard InChI is InChI=1S/C8H8Cl2F2N2O/c1-4-7(9)5(14(2)13-4)3-6(15)8(10,11)12/h3H2,1-2H3. The lowest BCUT2D eigenvalue weighted by Gasteiger charge is -2.06. The second-order valence-electron chi connectivity index (χ2n) is 3.07. The van der Waals surface area contributed by atoms with Crippen molar-refractivity contribution in [3.8, 4) is 0 Å². The van der Waals surface area contributed by atoms with Gasteiger partial charge in [0.25, 0.3) is 0 Å². The van der Waals surface area contributed by atoms with Crippen LogP contribution < -0.4 is 0 Å². The van der Waals surface area contributed by atoms with Gasteiger partial charge in [-0.1, -0.05) is 11.6 Å². The quantitative estimate of drug-likeness (QED) is 0.779. The summed E-state index contributed by atoms with van der Waals surface area (Å²) in [6.07, 6.45) is -0.535. The number of aryl methyl sites for hydroxylation is 2. The van der Waals surface area contributed by atoms with E-state index < -0.39 is 17.6 Å². The summed E-state index contributed by atoms with van der Waals surface area (Å²) in [6.45, 7) is 1.62. The zero-order valence-electron chi connectivity index (χ0n) is 8.02. The lowest BCUT2D eigenvalue weighted by Crippen LogP contribution is -2.24. The van der Waals surface area contributed by atoms with Crippen molar-refractivity contribution in [2.24, 2.45) is 7.05 Å². The van der Waals surface area contributed by atoms with Gasteiger partial charge in [0, 0.05) is 7.05 Å². The Morgan fingerprint density at radius 1 is 1.60 bits per heavy atom. The van der Waals surface area contributed by atoms with Gasteiger partial charge < -0.3 is 0 Å². The number of aromatic nitrogens is 2. The zero-order chi connectivity index (χ0) is 11.8. The molecule has 3 nitrogen and oxygen atoms in total. The van der Waals surface area contributed by atoms with E-state index in [0.717, 1.165) is 0 Å². The normalized spacial score (nSPS) is 11.9. The predicted molar refractivity (Wildman–Crippen MR) is 52.5 cm³/mol. The average molecular weight is 257 g/mol. The summed E-state index contributed by atoms with van der Waals surface area (Å²) in [5.74, 6) is -1.39. The van der Waals surface area contributed by atoms with Crippen molar-refractivity contribution in [3.05, 3.63) is 16.4 Å². The van der Waals surface area contributed by atoms with Crippen molar-refractivity contribution in [1.82, 2.24) is 9.78 Å². The molecule has 0 atom stereocenters. The first-order chi connectivity index (χ1) is 6.73. The summed E-state index contributed by atoms with van der Waals surface area (Å²) in [6, 6.07) is 0. The summed E-state index contributed by atoms with van der Waals surface area (Å²) >= 11 is 10.4. The second-order valence-corrected chi connectivity index (χ2v) is 3.92. The third-order valence-corrected chi connectivity index (χ3v) is 2.61. The molecule has 1 rings (SSSR count). The molecule has 1 aromatic heterocycles. The minimum atomic E-state index is -3.86. The van der Waals surface area contributed by atoms with Gasteiger partial charge in [-0.25, -0.2) is 0 Å². The van der Waals surface area contributed by atoms with Gasteiger partial charge >= 0.3 is 5.38 Å². The monoisotopic (exact) mass is 256 g/mol. The molecule has 0 spiro atoms. The Morgan fingerprint density at radius 2 is 2.13 bits per heavy atom. The molecule has 15 heavy (non-hydrogen) atoms. The van der Waals surface area contributed by atoms with E-state index in [1.807, 2.05) is 0 Å². The van der Waals surface area contributed by atoms with E-state index in [1.54, 1.807) is 6.92 Å². The van der Waals surface area contributed by atoms with Crippen LogP contribution in [0.3, 0.4) is 0 Å². The minimum Gasteiger partial charge on any atom is -0.291 e. The molecular formula is C8H8Cl2F2N2O. The highest BCUT2D eigenvalue weighted by molar-refractivity contribution is 6.34. The van der Waals surface area contributed by atoms with Crippen LogP contribution in [-0.4, -0.2) is 20.9 Å². The van der Waals surface area contributed by atoms with Gasteiger partial charge in [0.1, 0.15) is 0 Å². The molecule has 0 aliphatic heterocycles. The summed E-state index contributed by atoms with van der Waals surface area (Å²) in [4.78, 5) is 11.0. The Labute approximate surface area is 95.0 Å². The molecule has 0 radical (unpaired) electrons. The molecule has 1 heterocycles. The van der Waals surface area contributed by atoms with Crippen LogP contribution in [0.4, 0.5) is 8.78 Å². The summed E-state index contributed by atoms with van der Waals surface area (Å²) < 4.78 is 26.1. The van der Waals surface area contributed by atoms with E-state index in [-0.39, 0.29) is 10.7 Å². The Balaban J connectivity index is 2.95. The molecule has 0 aliphatic rings. The fourth-order valence-electron chi connectivity index (χ4n) is 1.12. The van der Waals surface area contributed by atoms with Crippen molar-refractivity contribution >= 4 is 29.0 Å². The number of rotatable bonds is 3. The Hall–Kier alpha value is -0.680. The van der Waals surface area contributed by atoms with Gasteiger partial charge in [0.2, 0.25) is 5.78 Å². The summed E-state index contributed by atoms with van der Waals surface area (Å²) in [7, 11) is 1.52. The molecule has 0 bridgehead atoms. The molecule has 0 aromatic carbocycles. The van der Waals surface area contributed by atoms with Gasteiger partial charge in [-0.2, -0.15) is 13.9 Å². The number of Topliss-reactive ketones (excluding diaryl/α,β-unsaturated/α-hetero) is 1. The van der Waals surface area contributed by atoms with Crippen LogP contribution in [0.15, 0.2) is 0 Å². The average Bonchev–Trinajstić information content (AvgIpc) is 2.30. The second kappa shape index (κ2) is 4.06. The summed E-state index contributed by atoms with van der Waals surface area (Å²) in [5.41, 5.74) is 0.722. The molecule has 1 aromatic rings. The zero-order valence-corrected chi connectivity index (χ0v) is 9.53. The van der Waals surface area contributed by atoms with Crippen molar-refractivity contribution in [2.75, 3.05) is 0 Å². The first-order valence-corrected chi connectivity index (χ1v) is 4.77. The number of hydrogen-bond donors (Lipinski definition) is 0. The molecule has 0 saturated carbocycles. The molecule has 0 aliphatic carbocycles. The van der Waals surface area contributed by atoms with Gasteiger partial charge in [-0.3, -0.25) is 9.48 Å². The molecule has 7 heteroatoms. The molecule has 0 saturated heterocycles. The first-order valence-electron chi connectivity index (χ1n) is 4.01. The number of hydrogen-bond acceptors (Lipinski definition) is 2. The van der Waals surface area contributed by atoms with Crippen LogP contribution >= 0.6 is 23.2 Å². The van der Waals surface area contributed by atoms with E-state index in [2.05, 4.69) is 16.7 Å². The third kappa shape index (κ3) is 2.66. The minimum absolute atomic E-state index is 0.215. The van der Waals surface area contributed by atoms with Gasteiger partial charge in [-0.15, -0.1) is 0 Å². The molecule has 0 unspecified atom stereocenters. The van der Waals surface area contributed by atoms with E-state index in [1.165, 1.54) is 11.7 Å². The van der Waals surface area contributed by atoms with Crippen LogP contribution in [0, 0.1) is 6.92 Å². The van der Waals surface area contributed by atoms with Crippen molar-refractivity contribution in [2.45, 2.75) is 18.7 Å². The number of carbonyl (C=O) groups is 1. The smallest absolute Gasteiger partial charge is 0.291 e. The summed E-state index contributed by atoms with van der Waals surface area (Å²) in [5, 5.41) is 0.245. The van der Waals surface area contributed by atoms with E-state index in [0.29, 0.717) is 5.69 Å². The third-order valence-electron chi connectivity index (χ3n) is 1.91. The number of nitrogens with zero attached hydrogens (tertiary/aromatic N) is 2. The van der Waals surface area contributed by atoms with Crippen LogP contribution in [0.5, 0.6) is 0 Å². The lowest BCUT2D eigenvalue weighted by molar-refractivity contribution is -0.132. The Morgan fingerprint density at radius 3 is 2.47 bits per heavy atom. The topological polar surface area (TPSA) is 34.9 Å². The van der Waals surface area contributed by atoms with Crippen molar-refractivity contribution in [1.29, 1.82) is 0 Å². The molecule has 0 amide bonds. The number of carbonyl (C=O) groups excluding carboxylic acids is 1. The van der Waals surface area contributed by atoms with Crippen molar-refractivity contribution in [3.63, 3.8) is 0 Å². The maximum atomic E-state index is 12.4. The highest BCUT2D eigenvalue weighted by Gasteiger charge is 2.36. The molecular weight excluding hydrogens is 249 g/mol. The van der Waals surface area contributed by atoms with E-state index in [9.17, 15) is 13.6 Å².